The van der Waals surface area contributed by atoms with E-state index in [1.165, 1.54) is 18.4 Å². The van der Waals surface area contributed by atoms with Crippen LogP contribution in [0.4, 0.5) is 5.69 Å². The molecule has 4 heteroatoms. The molecule has 3 rings (SSSR count). The van der Waals surface area contributed by atoms with Crippen molar-refractivity contribution in [2.75, 3.05) is 5.32 Å². The van der Waals surface area contributed by atoms with Crippen molar-refractivity contribution in [3.8, 4) is 0 Å². The summed E-state index contributed by atoms with van der Waals surface area (Å²) in [6.45, 7) is 2.72. The number of amides is 1. The molecule has 0 bridgehead atoms. The van der Waals surface area contributed by atoms with E-state index < -0.39 is 0 Å². The Kier molecular flexibility index (Phi) is 3.97. The van der Waals surface area contributed by atoms with E-state index in [0.717, 1.165) is 17.9 Å². The Labute approximate surface area is 124 Å². The maximum Gasteiger partial charge on any atom is 0.274 e. The maximum atomic E-state index is 12.2. The molecule has 1 aliphatic rings. The van der Waals surface area contributed by atoms with Crippen molar-refractivity contribution >= 4 is 11.6 Å². The molecular weight excluding hydrogens is 262 g/mol. The van der Waals surface area contributed by atoms with Gasteiger partial charge in [0, 0.05) is 24.0 Å². The van der Waals surface area contributed by atoms with Crippen LogP contribution in [-0.2, 0) is 6.54 Å². The lowest BCUT2D eigenvalue weighted by Gasteiger charge is -2.08. The van der Waals surface area contributed by atoms with E-state index in [1.54, 1.807) is 6.07 Å². The van der Waals surface area contributed by atoms with E-state index in [9.17, 15) is 4.79 Å². The highest BCUT2D eigenvalue weighted by Crippen LogP contribution is 2.20. The molecule has 4 nitrogen and oxygen atoms in total. The van der Waals surface area contributed by atoms with E-state index in [2.05, 4.69) is 21.7 Å². The summed E-state index contributed by atoms with van der Waals surface area (Å²) in [4.78, 5) is 16.4. The Morgan fingerprint density at radius 1 is 1.24 bits per heavy atom. The van der Waals surface area contributed by atoms with Gasteiger partial charge in [0.25, 0.3) is 5.91 Å². The number of aryl methyl sites for hydroxylation is 1. The van der Waals surface area contributed by atoms with Crippen LogP contribution in [0, 0.1) is 6.92 Å². The average Bonchev–Trinajstić information content (AvgIpc) is 3.30. The van der Waals surface area contributed by atoms with Gasteiger partial charge in [-0.1, -0.05) is 18.2 Å². The van der Waals surface area contributed by atoms with E-state index in [1.807, 2.05) is 37.3 Å². The molecule has 21 heavy (non-hydrogen) atoms. The van der Waals surface area contributed by atoms with Crippen molar-refractivity contribution in [2.24, 2.45) is 0 Å². The first kappa shape index (κ1) is 13.8. The molecule has 1 saturated carbocycles. The molecule has 2 aromatic rings. The Morgan fingerprint density at radius 3 is 2.81 bits per heavy atom. The smallest absolute Gasteiger partial charge is 0.274 e. The third-order valence-corrected chi connectivity index (χ3v) is 3.48. The molecule has 1 aromatic heterocycles. The van der Waals surface area contributed by atoms with Gasteiger partial charge >= 0.3 is 0 Å². The number of aromatic nitrogens is 1. The second-order valence-corrected chi connectivity index (χ2v) is 5.47. The van der Waals surface area contributed by atoms with Crippen LogP contribution in [-0.4, -0.2) is 16.9 Å². The lowest BCUT2D eigenvalue weighted by molar-refractivity contribution is 0.102. The molecule has 0 saturated heterocycles. The first-order valence-electron chi connectivity index (χ1n) is 7.28. The molecule has 0 unspecified atom stereocenters. The fourth-order valence-electron chi connectivity index (χ4n) is 2.17. The van der Waals surface area contributed by atoms with Crippen LogP contribution in [0.15, 0.2) is 42.5 Å². The molecule has 0 radical (unpaired) electrons. The van der Waals surface area contributed by atoms with Gasteiger partial charge in [-0.15, -0.1) is 0 Å². The molecule has 1 aromatic carbocycles. The normalized spacial score (nSPS) is 14.0. The monoisotopic (exact) mass is 281 g/mol. The van der Waals surface area contributed by atoms with E-state index in [4.69, 9.17) is 0 Å². The van der Waals surface area contributed by atoms with Crippen LogP contribution in [0.25, 0.3) is 0 Å². The third-order valence-electron chi connectivity index (χ3n) is 3.48. The standard InChI is InChI=1S/C17H19N3O/c1-12-4-2-7-16(19-12)17(21)20-15-6-3-5-13(10-15)11-18-14-8-9-14/h2-7,10,14,18H,8-9,11H2,1H3,(H,20,21). The van der Waals surface area contributed by atoms with Gasteiger partial charge in [-0.2, -0.15) is 0 Å². The summed E-state index contributed by atoms with van der Waals surface area (Å²) in [5.74, 6) is -0.175. The number of nitrogens with one attached hydrogen (secondary N) is 2. The Balaban J connectivity index is 1.66. The molecule has 1 heterocycles. The van der Waals surface area contributed by atoms with Crippen molar-refractivity contribution in [1.82, 2.24) is 10.3 Å². The number of hydrogen-bond acceptors (Lipinski definition) is 3. The topological polar surface area (TPSA) is 54.0 Å². The average molecular weight is 281 g/mol. The van der Waals surface area contributed by atoms with Gasteiger partial charge < -0.3 is 10.6 Å². The Bertz CT molecular complexity index is 650. The highest BCUT2D eigenvalue weighted by Gasteiger charge is 2.19. The number of anilines is 1. The van der Waals surface area contributed by atoms with Crippen LogP contribution in [0.3, 0.4) is 0 Å². The van der Waals surface area contributed by atoms with E-state index in [-0.39, 0.29) is 5.91 Å². The molecule has 1 aliphatic carbocycles. The Morgan fingerprint density at radius 2 is 2.05 bits per heavy atom. The second-order valence-electron chi connectivity index (χ2n) is 5.47. The number of carbonyl (C=O) groups is 1. The quantitative estimate of drug-likeness (QED) is 0.886. The van der Waals surface area contributed by atoms with Crippen LogP contribution in [0.1, 0.15) is 34.6 Å². The molecule has 108 valence electrons. The minimum absolute atomic E-state index is 0.175. The van der Waals surface area contributed by atoms with Crippen LogP contribution in [0.5, 0.6) is 0 Å². The van der Waals surface area contributed by atoms with Gasteiger partial charge in [-0.05, 0) is 49.6 Å². The van der Waals surface area contributed by atoms with Crippen molar-refractivity contribution in [1.29, 1.82) is 0 Å². The zero-order chi connectivity index (χ0) is 14.7. The summed E-state index contributed by atoms with van der Waals surface area (Å²) in [6.07, 6.45) is 2.55. The second kappa shape index (κ2) is 6.06. The lowest BCUT2D eigenvalue weighted by Crippen LogP contribution is -2.16. The molecular formula is C17H19N3O. The fraction of sp³-hybridized carbons (Fsp3) is 0.294. The van der Waals surface area contributed by atoms with Crippen LogP contribution < -0.4 is 10.6 Å². The van der Waals surface area contributed by atoms with Crippen molar-refractivity contribution < 1.29 is 4.79 Å². The highest BCUT2D eigenvalue weighted by molar-refractivity contribution is 6.02. The van der Waals surface area contributed by atoms with Gasteiger partial charge in [0.2, 0.25) is 0 Å². The zero-order valence-corrected chi connectivity index (χ0v) is 12.1. The number of nitrogens with zero attached hydrogens (tertiary/aromatic N) is 1. The predicted octanol–water partition coefficient (Wildman–Crippen LogP) is 2.89. The fourth-order valence-corrected chi connectivity index (χ4v) is 2.17. The maximum absolute atomic E-state index is 12.2. The van der Waals surface area contributed by atoms with Gasteiger partial charge in [-0.3, -0.25) is 4.79 Å². The Hall–Kier alpha value is -2.20. The van der Waals surface area contributed by atoms with Crippen molar-refractivity contribution in [3.05, 3.63) is 59.4 Å². The van der Waals surface area contributed by atoms with Gasteiger partial charge in [0.1, 0.15) is 5.69 Å². The SMILES string of the molecule is Cc1cccc(C(=O)Nc2cccc(CNC3CC3)c2)n1. The number of hydrogen-bond donors (Lipinski definition) is 2. The molecule has 1 amide bonds. The molecule has 1 fully saturated rings. The molecule has 0 spiro atoms. The van der Waals surface area contributed by atoms with Gasteiger partial charge in [0.05, 0.1) is 0 Å². The number of benzene rings is 1. The zero-order valence-electron chi connectivity index (χ0n) is 12.1. The highest BCUT2D eigenvalue weighted by atomic mass is 16.1. The summed E-state index contributed by atoms with van der Waals surface area (Å²) >= 11 is 0. The van der Waals surface area contributed by atoms with Crippen molar-refractivity contribution in [3.63, 3.8) is 0 Å². The van der Waals surface area contributed by atoms with Crippen LogP contribution >= 0.6 is 0 Å². The summed E-state index contributed by atoms with van der Waals surface area (Å²) in [5.41, 5.74) is 3.26. The first-order valence-corrected chi connectivity index (χ1v) is 7.28. The number of rotatable bonds is 5. The summed E-state index contributed by atoms with van der Waals surface area (Å²) in [6, 6.07) is 14.0. The number of carbonyl (C=O) groups excluding carboxylic acids is 1. The van der Waals surface area contributed by atoms with Crippen LogP contribution in [0.2, 0.25) is 0 Å². The third kappa shape index (κ3) is 3.89. The predicted molar refractivity (Wildman–Crippen MR) is 83.2 cm³/mol. The van der Waals surface area contributed by atoms with Gasteiger partial charge in [0.15, 0.2) is 0 Å². The van der Waals surface area contributed by atoms with E-state index in [0.29, 0.717) is 11.7 Å². The lowest BCUT2D eigenvalue weighted by atomic mass is 10.2. The summed E-state index contributed by atoms with van der Waals surface area (Å²) in [7, 11) is 0. The number of pyridine rings is 1. The summed E-state index contributed by atoms with van der Waals surface area (Å²) in [5, 5.41) is 6.37. The summed E-state index contributed by atoms with van der Waals surface area (Å²) < 4.78 is 0. The van der Waals surface area contributed by atoms with Gasteiger partial charge in [-0.25, -0.2) is 4.98 Å². The molecule has 2 N–H and O–H groups in total. The minimum atomic E-state index is -0.175. The molecule has 0 aliphatic heterocycles. The minimum Gasteiger partial charge on any atom is -0.321 e. The molecule has 0 atom stereocenters. The van der Waals surface area contributed by atoms with Crippen molar-refractivity contribution in [2.45, 2.75) is 32.4 Å². The first-order chi connectivity index (χ1) is 10.2. The van der Waals surface area contributed by atoms with E-state index >= 15 is 0 Å². The largest absolute Gasteiger partial charge is 0.321 e.